The minimum absolute atomic E-state index is 0.151. The lowest BCUT2D eigenvalue weighted by Crippen LogP contribution is -2.47. The van der Waals surface area contributed by atoms with E-state index in [2.05, 4.69) is 9.47 Å². The van der Waals surface area contributed by atoms with Gasteiger partial charge in [-0.1, -0.05) is 24.3 Å². The van der Waals surface area contributed by atoms with E-state index >= 15 is 0 Å². The fourth-order valence-corrected chi connectivity index (χ4v) is 4.92. The van der Waals surface area contributed by atoms with Crippen molar-refractivity contribution in [3.05, 3.63) is 24.3 Å². The monoisotopic (exact) mass is 406 g/mol. The number of hydrogen-bond donors (Lipinski definition) is 0. The highest BCUT2D eigenvalue weighted by molar-refractivity contribution is 5.78. The third-order valence-corrected chi connectivity index (χ3v) is 6.19. The summed E-state index contributed by atoms with van der Waals surface area (Å²) in [5.74, 6) is 0.642. The van der Waals surface area contributed by atoms with Crippen LogP contribution in [0.15, 0.2) is 24.3 Å². The van der Waals surface area contributed by atoms with Gasteiger partial charge >= 0.3 is 24.6 Å². The topological polar surface area (TPSA) is 124 Å². The van der Waals surface area contributed by atoms with E-state index in [1.54, 1.807) is 0 Å². The molecule has 2 aliphatic heterocycles. The molecule has 2 saturated heterocycles. The summed E-state index contributed by atoms with van der Waals surface area (Å²) in [7, 11) is 0. The lowest BCUT2D eigenvalue weighted by Gasteiger charge is -2.40. The first-order chi connectivity index (χ1) is 14.0. The molecule has 29 heavy (non-hydrogen) atoms. The quantitative estimate of drug-likeness (QED) is 0.257. The molecular weight excluding hydrogens is 388 g/mol. The van der Waals surface area contributed by atoms with Gasteiger partial charge in [0.05, 0.1) is 0 Å². The Morgan fingerprint density at radius 3 is 1.17 bits per heavy atom. The fraction of sp³-hybridized carbons (Fsp3) is 0.579. The Labute approximate surface area is 164 Å². The lowest BCUT2D eigenvalue weighted by atomic mass is 9.72. The molecule has 5 aliphatic carbocycles. The average Bonchev–Trinajstić information content (AvgIpc) is 3.17. The van der Waals surface area contributed by atoms with E-state index in [4.69, 9.17) is 18.9 Å². The van der Waals surface area contributed by atoms with Crippen LogP contribution in [-0.4, -0.2) is 49.0 Å². The Balaban J connectivity index is 0.000000125. The van der Waals surface area contributed by atoms with Gasteiger partial charge in [0.1, 0.15) is 24.4 Å². The standard InChI is InChI=1S/C10H10O5.C9H8O5/c11-9-13-7-5-1-2-6(4-3-5)8(7)14-10(12)15-9;10-8-12-6-4-1-2-5(3-4)7(6)13-9(11)14-8/h1-2,5-8H,3-4H2;1-2,4-7H,3H2. The molecule has 4 bridgehead atoms. The zero-order valence-electron chi connectivity index (χ0n) is 15.1. The second kappa shape index (κ2) is 6.78. The van der Waals surface area contributed by atoms with Crippen LogP contribution in [0.5, 0.6) is 0 Å². The van der Waals surface area contributed by atoms with Gasteiger partial charge < -0.3 is 28.4 Å². The van der Waals surface area contributed by atoms with Crippen LogP contribution >= 0.6 is 0 Å². The molecule has 8 unspecified atom stereocenters. The molecule has 2 heterocycles. The predicted molar refractivity (Wildman–Crippen MR) is 89.3 cm³/mol. The summed E-state index contributed by atoms with van der Waals surface area (Å²) < 4.78 is 28.6. The Morgan fingerprint density at radius 2 is 0.828 bits per heavy atom. The van der Waals surface area contributed by atoms with E-state index in [0.29, 0.717) is 0 Å². The van der Waals surface area contributed by atoms with Crippen LogP contribution in [0, 0.1) is 23.7 Å². The molecule has 0 amide bonds. The number of fused-ring (bicyclic) bond motifs is 6. The molecule has 0 aromatic carbocycles. The summed E-state index contributed by atoms with van der Waals surface area (Å²) in [6, 6.07) is 0. The number of cyclic esters (lactones) is 4. The second-order valence-electron chi connectivity index (χ2n) is 7.77. The molecule has 0 aromatic rings. The summed E-state index contributed by atoms with van der Waals surface area (Å²) >= 11 is 0. The molecule has 154 valence electrons. The zero-order chi connectivity index (χ0) is 20.1. The van der Waals surface area contributed by atoms with E-state index in [1.807, 2.05) is 24.3 Å². The largest absolute Gasteiger partial charge is 0.519 e. The molecule has 7 aliphatic rings. The second-order valence-corrected chi connectivity index (χ2v) is 7.77. The van der Waals surface area contributed by atoms with E-state index in [-0.39, 0.29) is 48.1 Å². The summed E-state index contributed by atoms with van der Waals surface area (Å²) in [5.41, 5.74) is 0. The van der Waals surface area contributed by atoms with Crippen molar-refractivity contribution >= 4 is 24.6 Å². The van der Waals surface area contributed by atoms with Gasteiger partial charge in [-0.3, -0.25) is 0 Å². The minimum atomic E-state index is -0.955. The first kappa shape index (κ1) is 18.0. The molecule has 0 aromatic heterocycles. The third-order valence-electron chi connectivity index (χ3n) is 6.19. The SMILES string of the molecule is O=C1OC(=O)OC2C3C=CC(C3)C2O1.O=C1OC(=O)OC2C3C=CC(CC3)C2O1. The van der Waals surface area contributed by atoms with Crippen LogP contribution < -0.4 is 0 Å². The molecule has 0 radical (unpaired) electrons. The number of carbonyl (C=O) groups is 4. The Kier molecular flexibility index (Phi) is 4.21. The summed E-state index contributed by atoms with van der Waals surface area (Å²) in [6.45, 7) is 0. The van der Waals surface area contributed by atoms with Crippen molar-refractivity contribution in [2.45, 2.75) is 43.7 Å². The molecule has 8 atom stereocenters. The maximum absolute atomic E-state index is 11.1. The first-order valence-electron chi connectivity index (χ1n) is 9.53. The molecule has 2 saturated carbocycles. The maximum Gasteiger partial charge on any atom is 0.519 e. The van der Waals surface area contributed by atoms with Gasteiger partial charge in [0.2, 0.25) is 0 Å². The van der Waals surface area contributed by atoms with Crippen LogP contribution in [0.2, 0.25) is 0 Å². The molecule has 0 N–H and O–H groups in total. The lowest BCUT2D eigenvalue weighted by molar-refractivity contribution is -0.0573. The van der Waals surface area contributed by atoms with E-state index in [0.717, 1.165) is 19.3 Å². The van der Waals surface area contributed by atoms with Crippen LogP contribution in [0.3, 0.4) is 0 Å². The Morgan fingerprint density at radius 1 is 0.517 bits per heavy atom. The van der Waals surface area contributed by atoms with Gasteiger partial charge in [0.25, 0.3) is 0 Å². The van der Waals surface area contributed by atoms with Crippen LogP contribution in [0.1, 0.15) is 19.3 Å². The zero-order valence-corrected chi connectivity index (χ0v) is 15.1. The fourth-order valence-electron chi connectivity index (χ4n) is 4.92. The van der Waals surface area contributed by atoms with Crippen LogP contribution in [0.25, 0.3) is 0 Å². The van der Waals surface area contributed by atoms with Gasteiger partial charge in [-0.25, -0.2) is 19.2 Å². The van der Waals surface area contributed by atoms with Gasteiger partial charge in [0.15, 0.2) is 0 Å². The molecule has 0 spiro atoms. The normalized spacial score (nSPS) is 43.0. The predicted octanol–water partition coefficient (Wildman–Crippen LogP) is 2.86. The van der Waals surface area contributed by atoms with Crippen molar-refractivity contribution in [1.29, 1.82) is 0 Å². The molecular formula is C19H18O10. The highest BCUT2D eigenvalue weighted by Gasteiger charge is 2.52. The van der Waals surface area contributed by atoms with Gasteiger partial charge in [-0.15, -0.1) is 0 Å². The summed E-state index contributed by atoms with van der Waals surface area (Å²) in [6.07, 6.45) is 5.61. The van der Waals surface area contributed by atoms with E-state index in [1.165, 1.54) is 0 Å². The Hall–Kier alpha value is -3.04. The van der Waals surface area contributed by atoms with Crippen molar-refractivity contribution in [2.24, 2.45) is 23.7 Å². The summed E-state index contributed by atoms with van der Waals surface area (Å²) in [4.78, 5) is 44.0. The van der Waals surface area contributed by atoms with Gasteiger partial charge in [-0.05, 0) is 19.3 Å². The van der Waals surface area contributed by atoms with Gasteiger partial charge in [0, 0.05) is 23.7 Å². The third kappa shape index (κ3) is 3.22. The molecule has 4 fully saturated rings. The number of hydrogen-bond acceptors (Lipinski definition) is 10. The molecule has 7 rings (SSSR count). The highest BCUT2D eigenvalue weighted by atomic mass is 16.8. The van der Waals surface area contributed by atoms with E-state index in [9.17, 15) is 19.2 Å². The van der Waals surface area contributed by atoms with Crippen molar-refractivity contribution in [3.63, 3.8) is 0 Å². The smallest absolute Gasteiger partial charge is 0.426 e. The number of ether oxygens (including phenoxy) is 6. The first-order valence-corrected chi connectivity index (χ1v) is 9.53. The molecule has 10 nitrogen and oxygen atoms in total. The molecule has 10 heteroatoms. The van der Waals surface area contributed by atoms with Gasteiger partial charge in [-0.2, -0.15) is 0 Å². The highest BCUT2D eigenvalue weighted by Crippen LogP contribution is 2.44. The summed E-state index contributed by atoms with van der Waals surface area (Å²) in [5, 5.41) is 0. The van der Waals surface area contributed by atoms with Crippen molar-refractivity contribution in [1.82, 2.24) is 0 Å². The number of carbonyl (C=O) groups excluding carboxylic acids is 4. The average molecular weight is 406 g/mol. The van der Waals surface area contributed by atoms with Crippen molar-refractivity contribution < 1.29 is 47.6 Å². The van der Waals surface area contributed by atoms with Crippen LogP contribution in [-0.2, 0) is 28.4 Å². The Bertz CT molecular complexity index is 754. The minimum Gasteiger partial charge on any atom is -0.426 e. The van der Waals surface area contributed by atoms with Crippen LogP contribution in [0.4, 0.5) is 19.2 Å². The van der Waals surface area contributed by atoms with Crippen molar-refractivity contribution in [2.75, 3.05) is 0 Å². The van der Waals surface area contributed by atoms with Crippen molar-refractivity contribution in [3.8, 4) is 0 Å². The van der Waals surface area contributed by atoms with E-state index < -0.39 is 24.6 Å². The number of rotatable bonds is 0. The maximum atomic E-state index is 11.1.